The van der Waals surface area contributed by atoms with Gasteiger partial charge in [0.2, 0.25) is 0 Å². The normalized spacial score (nSPS) is 18.6. The Morgan fingerprint density at radius 3 is 2.36 bits per heavy atom. The quantitative estimate of drug-likeness (QED) is 0.626. The summed E-state index contributed by atoms with van der Waals surface area (Å²) >= 11 is 0. The van der Waals surface area contributed by atoms with Crippen LogP contribution in [0.3, 0.4) is 0 Å². The van der Waals surface area contributed by atoms with Gasteiger partial charge in [0.05, 0.1) is 6.04 Å². The molecule has 25 heavy (non-hydrogen) atoms. The van der Waals surface area contributed by atoms with Crippen molar-refractivity contribution < 1.29 is 35.7 Å². The number of carboxylic acid groups (broad SMARTS) is 1. The van der Waals surface area contributed by atoms with E-state index in [1.54, 1.807) is 20.8 Å². The average molecular weight is 381 g/mol. The minimum Gasteiger partial charge on any atom is -0.465 e. The number of amides is 1. The molecule has 0 radical (unpaired) electrons. The molecule has 0 bridgehead atoms. The van der Waals surface area contributed by atoms with Crippen molar-refractivity contribution in [3.8, 4) is 5.75 Å². The van der Waals surface area contributed by atoms with Crippen molar-refractivity contribution in [2.24, 2.45) is 5.41 Å². The van der Waals surface area contributed by atoms with E-state index in [1.165, 1.54) is 17.0 Å². The summed E-state index contributed by atoms with van der Waals surface area (Å²) in [4.78, 5) is 12.7. The molecule has 140 valence electrons. The van der Waals surface area contributed by atoms with Crippen molar-refractivity contribution in [3.05, 3.63) is 29.3 Å². The first kappa shape index (κ1) is 19.4. The van der Waals surface area contributed by atoms with Crippen LogP contribution in [-0.4, -0.2) is 36.6 Å². The number of rotatable bonds is 2. The highest BCUT2D eigenvalue weighted by atomic mass is 32.2. The monoisotopic (exact) mass is 381 g/mol. The van der Waals surface area contributed by atoms with E-state index in [2.05, 4.69) is 4.18 Å². The predicted molar refractivity (Wildman–Crippen MR) is 82.7 cm³/mol. The molecule has 1 aliphatic rings. The third-order valence-corrected chi connectivity index (χ3v) is 4.88. The maximum absolute atomic E-state index is 12.5. The van der Waals surface area contributed by atoms with E-state index >= 15 is 0 Å². The first-order valence-electron chi connectivity index (χ1n) is 7.37. The van der Waals surface area contributed by atoms with Gasteiger partial charge in [-0.2, -0.15) is 21.6 Å². The number of fused-ring (bicyclic) bond motifs is 1. The molecule has 6 nitrogen and oxygen atoms in total. The smallest absolute Gasteiger partial charge is 0.465 e. The Morgan fingerprint density at radius 1 is 1.28 bits per heavy atom. The first-order chi connectivity index (χ1) is 11.2. The summed E-state index contributed by atoms with van der Waals surface area (Å²) in [6.07, 6.45) is -0.777. The summed E-state index contributed by atoms with van der Waals surface area (Å²) in [7, 11) is -5.79. The second kappa shape index (κ2) is 6.08. The minimum absolute atomic E-state index is 0.241. The second-order valence-corrected chi connectivity index (χ2v) is 8.38. The fourth-order valence-electron chi connectivity index (χ4n) is 2.96. The lowest BCUT2D eigenvalue weighted by atomic mass is 9.77. The highest BCUT2D eigenvalue weighted by Gasteiger charge is 2.49. The van der Waals surface area contributed by atoms with Gasteiger partial charge in [-0.05, 0) is 35.1 Å². The lowest BCUT2D eigenvalue weighted by Gasteiger charge is -2.43. The third-order valence-electron chi connectivity index (χ3n) is 3.90. The summed E-state index contributed by atoms with van der Waals surface area (Å²) in [5, 5.41) is 9.41. The lowest BCUT2D eigenvalue weighted by molar-refractivity contribution is -0.0500. The molecule has 1 aromatic carbocycles. The molecule has 1 aromatic rings. The molecule has 10 heteroatoms. The van der Waals surface area contributed by atoms with E-state index < -0.39 is 38.9 Å². The van der Waals surface area contributed by atoms with Crippen LogP contribution in [0, 0.1) is 5.41 Å². The Balaban J connectivity index is 2.50. The van der Waals surface area contributed by atoms with Crippen LogP contribution in [-0.2, 0) is 16.5 Å². The summed E-state index contributed by atoms with van der Waals surface area (Å²) in [5.41, 5.74) is -4.92. The number of hydrogen-bond acceptors (Lipinski definition) is 4. The van der Waals surface area contributed by atoms with Crippen molar-refractivity contribution >= 4 is 16.2 Å². The minimum atomic E-state index is -5.79. The van der Waals surface area contributed by atoms with Crippen LogP contribution in [0.25, 0.3) is 0 Å². The lowest BCUT2D eigenvalue weighted by Crippen LogP contribution is -2.44. The van der Waals surface area contributed by atoms with Crippen molar-refractivity contribution in [3.63, 3.8) is 0 Å². The number of alkyl halides is 3. The molecule has 0 aromatic heterocycles. The zero-order valence-electron chi connectivity index (χ0n) is 13.8. The summed E-state index contributed by atoms with van der Waals surface area (Å²) in [6.45, 7) is 5.62. The zero-order chi connectivity index (χ0) is 19.2. The largest absolute Gasteiger partial charge is 0.534 e. The summed E-state index contributed by atoms with van der Waals surface area (Å²) < 4.78 is 64.0. The molecular weight excluding hydrogens is 363 g/mol. The van der Waals surface area contributed by atoms with Crippen LogP contribution >= 0.6 is 0 Å². The van der Waals surface area contributed by atoms with Gasteiger partial charge in [-0.3, -0.25) is 0 Å². The van der Waals surface area contributed by atoms with Crippen LogP contribution < -0.4 is 4.18 Å². The van der Waals surface area contributed by atoms with Gasteiger partial charge >= 0.3 is 21.7 Å². The average Bonchev–Trinajstić information content (AvgIpc) is 2.42. The van der Waals surface area contributed by atoms with Crippen LogP contribution in [0.4, 0.5) is 18.0 Å². The number of carbonyl (C=O) groups is 1. The van der Waals surface area contributed by atoms with Crippen molar-refractivity contribution in [2.45, 2.75) is 38.7 Å². The zero-order valence-corrected chi connectivity index (χ0v) is 14.6. The van der Waals surface area contributed by atoms with E-state index in [9.17, 15) is 31.5 Å². The Bertz CT molecular complexity index is 783. The van der Waals surface area contributed by atoms with Gasteiger partial charge in [-0.1, -0.05) is 26.8 Å². The molecule has 1 unspecified atom stereocenters. The number of hydrogen-bond donors (Lipinski definition) is 1. The maximum atomic E-state index is 12.5. The third kappa shape index (κ3) is 3.83. The van der Waals surface area contributed by atoms with Gasteiger partial charge in [0.15, 0.2) is 0 Å². The van der Waals surface area contributed by atoms with E-state index in [4.69, 9.17) is 0 Å². The molecule has 0 spiro atoms. The number of halogens is 3. The molecule has 1 N–H and O–H groups in total. The SMILES string of the molecule is CC(C)(C)C1c2cc(OS(=O)(=O)C(F)(F)F)ccc2CCN1C(=O)O. The fourth-order valence-corrected chi connectivity index (χ4v) is 3.41. The summed E-state index contributed by atoms with van der Waals surface area (Å²) in [5.74, 6) is -0.502. The Labute approximate surface area is 143 Å². The molecule has 0 aliphatic carbocycles. The standard InChI is InChI=1S/C15H18F3NO5S/c1-14(2,3)12-11-8-10(24-25(22,23)15(16,17)18)5-4-9(11)6-7-19(12)13(20)21/h4-5,8,12H,6-7H2,1-3H3,(H,20,21). The molecule has 1 aliphatic heterocycles. The highest BCUT2D eigenvalue weighted by molar-refractivity contribution is 7.88. The molecule has 1 amide bonds. The number of nitrogens with zero attached hydrogens (tertiary/aromatic N) is 1. The maximum Gasteiger partial charge on any atom is 0.534 e. The highest BCUT2D eigenvalue weighted by Crippen LogP contribution is 2.43. The van der Waals surface area contributed by atoms with Crippen molar-refractivity contribution in [1.29, 1.82) is 0 Å². The molecule has 0 fully saturated rings. The van der Waals surface area contributed by atoms with Gasteiger partial charge in [0, 0.05) is 6.54 Å². The van der Waals surface area contributed by atoms with Crippen LogP contribution in [0.5, 0.6) is 5.75 Å². The van der Waals surface area contributed by atoms with Gasteiger partial charge in [0.1, 0.15) is 5.75 Å². The molecule has 1 heterocycles. The summed E-state index contributed by atoms with van der Waals surface area (Å²) in [6, 6.07) is 3.13. The van der Waals surface area contributed by atoms with Crippen LogP contribution in [0.15, 0.2) is 18.2 Å². The van der Waals surface area contributed by atoms with Crippen molar-refractivity contribution in [1.82, 2.24) is 4.90 Å². The predicted octanol–water partition coefficient (Wildman–Crippen LogP) is 3.54. The topological polar surface area (TPSA) is 83.9 Å². The molecular formula is C15H18F3NO5S. The Hall–Kier alpha value is -1.97. The molecule has 2 rings (SSSR count). The van der Waals surface area contributed by atoms with Crippen molar-refractivity contribution in [2.75, 3.05) is 6.54 Å². The first-order valence-corrected chi connectivity index (χ1v) is 8.78. The van der Waals surface area contributed by atoms with E-state index in [1.807, 2.05) is 0 Å². The van der Waals surface area contributed by atoms with Crippen LogP contribution in [0.2, 0.25) is 0 Å². The van der Waals surface area contributed by atoms with Gasteiger partial charge in [0.25, 0.3) is 0 Å². The fraction of sp³-hybridized carbons (Fsp3) is 0.533. The Kier molecular flexibility index (Phi) is 4.71. The molecule has 0 saturated carbocycles. The molecule has 0 saturated heterocycles. The molecule has 1 atom stereocenters. The van der Waals surface area contributed by atoms with E-state index in [-0.39, 0.29) is 6.54 Å². The van der Waals surface area contributed by atoms with Crippen LogP contribution in [0.1, 0.15) is 37.9 Å². The van der Waals surface area contributed by atoms with E-state index in [0.29, 0.717) is 12.0 Å². The van der Waals surface area contributed by atoms with Gasteiger partial charge in [-0.25, -0.2) is 4.79 Å². The van der Waals surface area contributed by atoms with E-state index in [0.717, 1.165) is 11.6 Å². The Morgan fingerprint density at radius 2 is 1.88 bits per heavy atom. The second-order valence-electron chi connectivity index (χ2n) is 6.84. The van der Waals surface area contributed by atoms with Gasteiger partial charge in [-0.15, -0.1) is 0 Å². The van der Waals surface area contributed by atoms with Gasteiger partial charge < -0.3 is 14.2 Å². The number of benzene rings is 1.